The van der Waals surface area contributed by atoms with Crippen LogP contribution in [0.3, 0.4) is 0 Å². The van der Waals surface area contributed by atoms with E-state index in [9.17, 15) is 9.59 Å². The molecule has 0 heterocycles. The monoisotopic (exact) mass is 192 g/mol. The first kappa shape index (κ1) is 11.3. The Balaban J connectivity index is 3.50. The molecule has 0 aromatic rings. The highest BCUT2D eigenvalue weighted by Crippen LogP contribution is 2.11. The van der Waals surface area contributed by atoms with E-state index in [2.05, 4.69) is 4.74 Å². The van der Waals surface area contributed by atoms with Crippen molar-refractivity contribution in [3.8, 4) is 0 Å². The Bertz CT molecular complexity index is 169. The number of carbonyl (C=O) groups is 2. The van der Waals surface area contributed by atoms with Crippen molar-refractivity contribution in [1.82, 2.24) is 0 Å². The maximum atomic E-state index is 10.6. The number of rotatable bonds is 4. The number of esters is 2. The van der Waals surface area contributed by atoms with Crippen LogP contribution in [-0.2, 0) is 19.1 Å². The van der Waals surface area contributed by atoms with Gasteiger partial charge in [-0.25, -0.2) is 0 Å². The van der Waals surface area contributed by atoms with Crippen LogP contribution in [0.1, 0.15) is 13.8 Å². The quantitative estimate of drug-likeness (QED) is 0.487. The molecule has 0 aliphatic rings. The molecule has 0 radical (unpaired) electrons. The molecule has 0 spiro atoms. The third kappa shape index (κ3) is 6.03. The second kappa shape index (κ2) is 5.88. The van der Waals surface area contributed by atoms with Crippen LogP contribution < -0.4 is 0 Å². The Morgan fingerprint density at radius 3 is 2.50 bits per heavy atom. The molecule has 1 unspecified atom stereocenters. The molecule has 0 bridgehead atoms. The van der Waals surface area contributed by atoms with Crippen LogP contribution in [0.25, 0.3) is 0 Å². The maximum Gasteiger partial charge on any atom is 0.315 e. The van der Waals surface area contributed by atoms with Crippen molar-refractivity contribution in [2.75, 3.05) is 12.9 Å². The van der Waals surface area contributed by atoms with Gasteiger partial charge in [0.25, 0.3) is 0 Å². The lowest BCUT2D eigenvalue weighted by Gasteiger charge is -2.09. The van der Waals surface area contributed by atoms with Gasteiger partial charge in [-0.2, -0.15) is 0 Å². The normalized spacial score (nSPS) is 11.9. The second-order valence-electron chi connectivity index (χ2n) is 2.06. The van der Waals surface area contributed by atoms with Gasteiger partial charge in [0.2, 0.25) is 0 Å². The average Bonchev–Trinajstić information content (AvgIpc) is 1.99. The van der Waals surface area contributed by atoms with Crippen molar-refractivity contribution >= 4 is 23.7 Å². The van der Waals surface area contributed by atoms with E-state index in [0.717, 1.165) is 0 Å². The fourth-order valence-corrected chi connectivity index (χ4v) is 1.20. The fraction of sp³-hybridized carbons (Fsp3) is 0.714. The Labute approximate surface area is 75.6 Å². The highest BCUT2D eigenvalue weighted by Gasteiger charge is 2.08. The minimum atomic E-state index is -0.347. The maximum absolute atomic E-state index is 10.6. The number of ether oxygens (including phenoxy) is 2. The highest BCUT2D eigenvalue weighted by molar-refractivity contribution is 8.00. The Morgan fingerprint density at radius 1 is 1.50 bits per heavy atom. The summed E-state index contributed by atoms with van der Waals surface area (Å²) in [6, 6.07) is 0. The van der Waals surface area contributed by atoms with E-state index in [0.29, 0.717) is 0 Å². The zero-order valence-corrected chi connectivity index (χ0v) is 8.14. The summed E-state index contributed by atoms with van der Waals surface area (Å²) in [5.74, 6) is -0.468. The van der Waals surface area contributed by atoms with E-state index in [1.54, 1.807) is 6.92 Å². The molecule has 70 valence electrons. The van der Waals surface area contributed by atoms with Gasteiger partial charge >= 0.3 is 11.9 Å². The van der Waals surface area contributed by atoms with Crippen molar-refractivity contribution in [2.24, 2.45) is 0 Å². The highest BCUT2D eigenvalue weighted by atomic mass is 32.2. The molecule has 5 heteroatoms. The second-order valence-corrected chi connectivity index (χ2v) is 3.35. The Morgan fingerprint density at radius 2 is 2.08 bits per heavy atom. The molecule has 0 N–H and O–H groups in total. The molecule has 0 aliphatic heterocycles. The molecule has 0 aromatic carbocycles. The van der Waals surface area contributed by atoms with Gasteiger partial charge in [0.1, 0.15) is 5.44 Å². The summed E-state index contributed by atoms with van der Waals surface area (Å²) in [6.07, 6.45) is 0. The SMILES string of the molecule is COC(=O)CSC(C)OC(C)=O. The minimum absolute atomic E-state index is 0.199. The number of carbonyl (C=O) groups excluding carboxylic acids is 2. The van der Waals surface area contributed by atoms with Crippen LogP contribution in [0.5, 0.6) is 0 Å². The molecule has 0 rings (SSSR count). The van der Waals surface area contributed by atoms with Crippen molar-refractivity contribution in [3.05, 3.63) is 0 Å². The van der Waals surface area contributed by atoms with Gasteiger partial charge in [-0.1, -0.05) is 0 Å². The lowest BCUT2D eigenvalue weighted by Crippen LogP contribution is -2.12. The summed E-state index contributed by atoms with van der Waals surface area (Å²) < 4.78 is 9.17. The van der Waals surface area contributed by atoms with Crippen molar-refractivity contribution < 1.29 is 19.1 Å². The van der Waals surface area contributed by atoms with Crippen LogP contribution in [0, 0.1) is 0 Å². The zero-order valence-electron chi connectivity index (χ0n) is 7.33. The molecule has 4 nitrogen and oxygen atoms in total. The lowest BCUT2D eigenvalue weighted by atomic mass is 10.8. The number of hydrogen-bond donors (Lipinski definition) is 0. The van der Waals surface area contributed by atoms with Crippen LogP contribution in [0.4, 0.5) is 0 Å². The summed E-state index contributed by atoms with van der Waals surface area (Å²) in [5, 5.41) is 0. The summed E-state index contributed by atoms with van der Waals surface area (Å²) in [5.41, 5.74) is -0.304. The van der Waals surface area contributed by atoms with Crippen molar-refractivity contribution in [2.45, 2.75) is 19.3 Å². The van der Waals surface area contributed by atoms with Crippen LogP contribution in [-0.4, -0.2) is 30.2 Å². The zero-order chi connectivity index (χ0) is 9.56. The van der Waals surface area contributed by atoms with Gasteiger partial charge in [0.15, 0.2) is 0 Å². The molecular formula is C7H12O4S. The smallest absolute Gasteiger partial charge is 0.315 e. The molecule has 0 aromatic heterocycles. The number of hydrogen-bond acceptors (Lipinski definition) is 5. The molecular weight excluding hydrogens is 180 g/mol. The van der Waals surface area contributed by atoms with E-state index in [4.69, 9.17) is 4.74 Å². The third-order valence-electron chi connectivity index (χ3n) is 0.995. The van der Waals surface area contributed by atoms with Crippen LogP contribution in [0.15, 0.2) is 0 Å². The van der Waals surface area contributed by atoms with Crippen molar-refractivity contribution in [3.63, 3.8) is 0 Å². The molecule has 0 saturated carbocycles. The first-order valence-corrected chi connectivity index (χ1v) is 4.46. The molecule has 1 atom stereocenters. The summed E-state index contributed by atoms with van der Waals surface area (Å²) in [7, 11) is 1.32. The van der Waals surface area contributed by atoms with Gasteiger partial charge in [0, 0.05) is 6.92 Å². The largest absolute Gasteiger partial charge is 0.468 e. The molecule has 0 amide bonds. The topological polar surface area (TPSA) is 52.6 Å². The first-order chi connectivity index (χ1) is 5.56. The van der Waals surface area contributed by atoms with Crippen molar-refractivity contribution in [1.29, 1.82) is 0 Å². The number of methoxy groups -OCH3 is 1. The predicted octanol–water partition coefficient (Wildman–Crippen LogP) is 0.802. The minimum Gasteiger partial charge on any atom is -0.468 e. The average molecular weight is 192 g/mol. The Kier molecular flexibility index (Phi) is 5.53. The first-order valence-electron chi connectivity index (χ1n) is 3.42. The van der Waals surface area contributed by atoms with E-state index in [1.807, 2.05) is 0 Å². The van der Waals surface area contributed by atoms with E-state index in [1.165, 1.54) is 25.8 Å². The summed E-state index contributed by atoms with van der Waals surface area (Å²) in [4.78, 5) is 21.0. The summed E-state index contributed by atoms with van der Waals surface area (Å²) >= 11 is 1.22. The van der Waals surface area contributed by atoms with E-state index < -0.39 is 0 Å². The molecule has 12 heavy (non-hydrogen) atoms. The number of thioether (sulfide) groups is 1. The molecule has 0 fully saturated rings. The van der Waals surface area contributed by atoms with Gasteiger partial charge in [0.05, 0.1) is 12.9 Å². The van der Waals surface area contributed by atoms with Crippen LogP contribution in [0.2, 0.25) is 0 Å². The predicted molar refractivity (Wildman–Crippen MR) is 45.7 cm³/mol. The summed E-state index contributed by atoms with van der Waals surface area (Å²) in [6.45, 7) is 3.03. The Hall–Kier alpha value is -0.710. The van der Waals surface area contributed by atoms with Gasteiger partial charge in [-0.15, -0.1) is 11.8 Å². The van der Waals surface area contributed by atoms with Crippen LogP contribution >= 0.6 is 11.8 Å². The van der Waals surface area contributed by atoms with Gasteiger partial charge < -0.3 is 9.47 Å². The van der Waals surface area contributed by atoms with Gasteiger partial charge in [-0.3, -0.25) is 9.59 Å². The fourth-order valence-electron chi connectivity index (χ4n) is 0.512. The third-order valence-corrected chi connectivity index (χ3v) is 1.96. The standard InChI is InChI=1S/C7H12O4S/c1-5(8)11-6(2)12-4-7(9)10-3/h6H,4H2,1-3H3. The van der Waals surface area contributed by atoms with E-state index in [-0.39, 0.29) is 23.1 Å². The lowest BCUT2D eigenvalue weighted by molar-refractivity contribution is -0.142. The molecule has 0 aliphatic carbocycles. The molecule has 0 saturated heterocycles. The van der Waals surface area contributed by atoms with Gasteiger partial charge in [-0.05, 0) is 6.92 Å². The van der Waals surface area contributed by atoms with E-state index >= 15 is 0 Å².